The van der Waals surface area contributed by atoms with Crippen LogP contribution < -0.4 is 5.56 Å². The molecule has 142 valence electrons. The van der Waals surface area contributed by atoms with Crippen LogP contribution in [0.5, 0.6) is 0 Å². The Morgan fingerprint density at radius 3 is 2.46 bits per heavy atom. The number of pyridine rings is 1. The first-order valence-corrected chi connectivity index (χ1v) is 8.30. The van der Waals surface area contributed by atoms with Gasteiger partial charge in [0.15, 0.2) is 0 Å². The van der Waals surface area contributed by atoms with Crippen LogP contribution in [0.1, 0.15) is 28.1 Å². The summed E-state index contributed by atoms with van der Waals surface area (Å²) in [5, 5.41) is 9.20. The highest BCUT2D eigenvalue weighted by molar-refractivity contribution is 5.63. The number of aryl methyl sites for hydroxylation is 2. The minimum Gasteiger partial charge on any atom is -0.301 e. The number of benzene rings is 1. The molecule has 0 aliphatic heterocycles. The van der Waals surface area contributed by atoms with Crippen molar-refractivity contribution < 1.29 is 13.2 Å². The van der Waals surface area contributed by atoms with Crippen molar-refractivity contribution in [2.24, 2.45) is 0 Å². The predicted molar refractivity (Wildman–Crippen MR) is 96.5 cm³/mol. The van der Waals surface area contributed by atoms with E-state index in [0.717, 1.165) is 16.2 Å². The van der Waals surface area contributed by atoms with Crippen molar-refractivity contribution in [3.8, 4) is 17.3 Å². The van der Waals surface area contributed by atoms with Gasteiger partial charge in [-0.2, -0.15) is 18.4 Å². The largest absolute Gasteiger partial charge is 0.417 e. The Balaban J connectivity index is 2.31. The molecule has 0 fully saturated rings. The van der Waals surface area contributed by atoms with Gasteiger partial charge in [0.25, 0.3) is 5.56 Å². The van der Waals surface area contributed by atoms with Gasteiger partial charge in [0.05, 0.1) is 35.4 Å². The summed E-state index contributed by atoms with van der Waals surface area (Å²) in [6.45, 7) is 3.43. The van der Waals surface area contributed by atoms with Crippen molar-refractivity contribution in [1.82, 2.24) is 14.5 Å². The molecule has 3 rings (SSSR count). The number of nitriles is 1. The second-order valence-electron chi connectivity index (χ2n) is 6.34. The maximum atomic E-state index is 13.5. The highest BCUT2D eigenvalue weighted by Crippen LogP contribution is 2.33. The molecule has 3 aromatic rings. The summed E-state index contributed by atoms with van der Waals surface area (Å²) in [6.07, 6.45) is -1.88. The summed E-state index contributed by atoms with van der Waals surface area (Å²) in [5.74, 6) is 0. The fourth-order valence-corrected chi connectivity index (χ4v) is 2.84. The van der Waals surface area contributed by atoms with Crippen LogP contribution in [0.3, 0.4) is 0 Å². The Hall–Kier alpha value is -3.47. The zero-order chi connectivity index (χ0) is 20.5. The quantitative estimate of drug-likeness (QED) is 0.687. The molecular weight excluding hydrogens is 369 g/mol. The van der Waals surface area contributed by atoms with E-state index in [0.29, 0.717) is 17.0 Å². The van der Waals surface area contributed by atoms with Gasteiger partial charge in [-0.25, -0.2) is 0 Å². The van der Waals surface area contributed by atoms with E-state index in [2.05, 4.69) is 9.97 Å². The first-order chi connectivity index (χ1) is 13.2. The summed E-state index contributed by atoms with van der Waals surface area (Å²) in [7, 11) is 0. The monoisotopic (exact) mass is 384 g/mol. The first kappa shape index (κ1) is 19.3. The van der Waals surface area contributed by atoms with Crippen LogP contribution in [0.25, 0.3) is 11.3 Å². The van der Waals surface area contributed by atoms with Gasteiger partial charge in [0.1, 0.15) is 11.6 Å². The summed E-state index contributed by atoms with van der Waals surface area (Å²) in [4.78, 5) is 21.1. The highest BCUT2D eigenvalue weighted by atomic mass is 19.4. The van der Waals surface area contributed by atoms with E-state index < -0.39 is 22.9 Å². The Morgan fingerprint density at radius 2 is 1.89 bits per heavy atom. The molecule has 0 N–H and O–H groups in total. The van der Waals surface area contributed by atoms with Crippen molar-refractivity contribution in [1.29, 1.82) is 5.26 Å². The van der Waals surface area contributed by atoms with Crippen LogP contribution >= 0.6 is 0 Å². The van der Waals surface area contributed by atoms with E-state index in [4.69, 9.17) is 0 Å². The number of rotatable bonds is 3. The second kappa shape index (κ2) is 7.27. The molecule has 0 bridgehead atoms. The molecule has 0 unspecified atom stereocenters. The lowest BCUT2D eigenvalue weighted by Gasteiger charge is -2.17. The molecule has 28 heavy (non-hydrogen) atoms. The molecule has 2 heterocycles. The molecule has 0 saturated carbocycles. The molecule has 2 aromatic heterocycles. The molecule has 1 aromatic carbocycles. The van der Waals surface area contributed by atoms with Crippen LogP contribution in [0.4, 0.5) is 13.2 Å². The number of halogens is 3. The van der Waals surface area contributed by atoms with Gasteiger partial charge in [0, 0.05) is 6.20 Å². The fourth-order valence-electron chi connectivity index (χ4n) is 2.84. The van der Waals surface area contributed by atoms with Crippen LogP contribution in [-0.2, 0) is 12.7 Å². The number of nitrogens with zero attached hydrogens (tertiary/aromatic N) is 4. The van der Waals surface area contributed by atoms with Crippen LogP contribution in [-0.4, -0.2) is 14.5 Å². The Kier molecular flexibility index (Phi) is 5.01. The summed E-state index contributed by atoms with van der Waals surface area (Å²) < 4.78 is 41.5. The van der Waals surface area contributed by atoms with Crippen molar-refractivity contribution >= 4 is 0 Å². The molecule has 0 radical (unpaired) electrons. The van der Waals surface area contributed by atoms with Crippen LogP contribution in [0.15, 0.2) is 47.5 Å². The molecule has 0 saturated heterocycles. The average Bonchev–Trinajstić information content (AvgIpc) is 2.63. The smallest absolute Gasteiger partial charge is 0.301 e. The van der Waals surface area contributed by atoms with Gasteiger partial charge in [-0.3, -0.25) is 14.8 Å². The lowest BCUT2D eigenvalue weighted by atomic mass is 10.0. The maximum absolute atomic E-state index is 13.5. The molecule has 5 nitrogen and oxygen atoms in total. The van der Waals surface area contributed by atoms with Gasteiger partial charge < -0.3 is 4.57 Å². The van der Waals surface area contributed by atoms with E-state index in [-0.39, 0.29) is 12.2 Å². The van der Waals surface area contributed by atoms with Crippen LogP contribution in [0.2, 0.25) is 0 Å². The van der Waals surface area contributed by atoms with E-state index in [1.807, 2.05) is 0 Å². The molecule has 0 spiro atoms. The average molecular weight is 384 g/mol. The molecule has 8 heteroatoms. The van der Waals surface area contributed by atoms with Crippen molar-refractivity contribution in [2.75, 3.05) is 0 Å². The molecule has 0 aliphatic carbocycles. The Labute approximate surface area is 158 Å². The van der Waals surface area contributed by atoms with Gasteiger partial charge in [0.2, 0.25) is 0 Å². The normalized spacial score (nSPS) is 11.3. The number of aromatic nitrogens is 3. The van der Waals surface area contributed by atoms with Crippen molar-refractivity contribution in [3.05, 3.63) is 81.2 Å². The summed E-state index contributed by atoms with van der Waals surface area (Å²) in [6, 6.07) is 9.03. The summed E-state index contributed by atoms with van der Waals surface area (Å²) in [5.41, 5.74) is -0.826. The SMILES string of the molecule is Cc1cccc(-c2cc(C(F)(F)F)c(C#N)c(=O)n2Cc2cnc(C)cn2)c1. The highest BCUT2D eigenvalue weighted by Gasteiger charge is 2.36. The first-order valence-electron chi connectivity index (χ1n) is 8.30. The zero-order valence-electron chi connectivity index (χ0n) is 15.1. The topological polar surface area (TPSA) is 71.6 Å². The van der Waals surface area contributed by atoms with Crippen molar-refractivity contribution in [3.63, 3.8) is 0 Å². The molecule has 0 amide bonds. The standard InChI is InChI=1S/C20H15F3N4O/c1-12-4-3-5-14(6-12)18-7-17(20(21,22)23)16(8-24)19(28)27(18)11-15-10-25-13(2)9-26-15/h3-7,9-10H,11H2,1-2H3. The predicted octanol–water partition coefficient (Wildman–Crippen LogP) is 3.86. The Bertz CT molecular complexity index is 1130. The van der Waals surface area contributed by atoms with Gasteiger partial charge in [-0.05, 0) is 31.5 Å². The van der Waals surface area contributed by atoms with E-state index >= 15 is 0 Å². The second-order valence-corrected chi connectivity index (χ2v) is 6.34. The number of hydrogen-bond donors (Lipinski definition) is 0. The molecule has 0 atom stereocenters. The lowest BCUT2D eigenvalue weighted by molar-refractivity contribution is -0.137. The third-order valence-corrected chi connectivity index (χ3v) is 4.19. The third kappa shape index (κ3) is 3.78. The zero-order valence-corrected chi connectivity index (χ0v) is 15.1. The van der Waals surface area contributed by atoms with E-state index in [1.165, 1.54) is 18.5 Å². The van der Waals surface area contributed by atoms with Gasteiger partial charge >= 0.3 is 6.18 Å². The fraction of sp³-hybridized carbons (Fsp3) is 0.200. The van der Waals surface area contributed by atoms with E-state index in [1.54, 1.807) is 38.1 Å². The van der Waals surface area contributed by atoms with Gasteiger partial charge in [-0.1, -0.05) is 23.8 Å². The molecular formula is C20H15F3N4O. The molecule has 0 aliphatic rings. The van der Waals surface area contributed by atoms with Gasteiger partial charge in [-0.15, -0.1) is 0 Å². The minimum absolute atomic E-state index is 0.0578. The Morgan fingerprint density at radius 1 is 1.14 bits per heavy atom. The van der Waals surface area contributed by atoms with E-state index in [9.17, 15) is 23.2 Å². The van der Waals surface area contributed by atoms with Crippen LogP contribution in [0, 0.1) is 25.2 Å². The minimum atomic E-state index is -4.83. The number of alkyl halides is 3. The lowest BCUT2D eigenvalue weighted by Crippen LogP contribution is -2.29. The third-order valence-electron chi connectivity index (χ3n) is 4.19. The number of hydrogen-bond acceptors (Lipinski definition) is 4. The van der Waals surface area contributed by atoms with Crippen molar-refractivity contribution in [2.45, 2.75) is 26.6 Å². The summed E-state index contributed by atoms with van der Waals surface area (Å²) >= 11 is 0. The maximum Gasteiger partial charge on any atom is 0.417 e.